The Labute approximate surface area is 152 Å². The van der Waals surface area contributed by atoms with E-state index >= 15 is 0 Å². The maximum atomic E-state index is 13.4. The van der Waals surface area contributed by atoms with Crippen LogP contribution in [-0.2, 0) is 16.4 Å². The van der Waals surface area contributed by atoms with Gasteiger partial charge in [0, 0.05) is 24.4 Å². The zero-order valence-electron chi connectivity index (χ0n) is 14.4. The summed E-state index contributed by atoms with van der Waals surface area (Å²) in [7, 11) is -3.67. The summed E-state index contributed by atoms with van der Waals surface area (Å²) in [6, 6.07) is 8.78. The maximum Gasteiger partial charge on any atom is 0.268 e. The third kappa shape index (κ3) is 2.35. The highest BCUT2D eigenvalue weighted by atomic mass is 32.2. The summed E-state index contributed by atoms with van der Waals surface area (Å²) in [5.74, 6) is 1.19. The first-order valence-corrected chi connectivity index (χ1v) is 10.6. The lowest BCUT2D eigenvalue weighted by Crippen LogP contribution is -2.12. The van der Waals surface area contributed by atoms with Gasteiger partial charge in [-0.15, -0.1) is 0 Å². The summed E-state index contributed by atoms with van der Waals surface area (Å²) in [6.45, 7) is 0.612. The molecule has 134 valence electrons. The highest BCUT2D eigenvalue weighted by Gasteiger charge is 2.27. The zero-order valence-corrected chi connectivity index (χ0v) is 15.2. The first-order valence-electron chi connectivity index (χ1n) is 9.12. The average molecular weight is 368 g/mol. The molecule has 2 aromatic heterocycles. The lowest BCUT2D eigenvalue weighted by Gasteiger charge is -2.09. The molecular weight excluding hydrogens is 348 g/mol. The zero-order chi connectivity index (χ0) is 17.7. The van der Waals surface area contributed by atoms with Gasteiger partial charge < -0.3 is 4.74 Å². The smallest absolute Gasteiger partial charge is 0.268 e. The first-order chi connectivity index (χ1) is 12.6. The Kier molecular flexibility index (Phi) is 3.57. The van der Waals surface area contributed by atoms with Gasteiger partial charge in [0.1, 0.15) is 5.75 Å². The van der Waals surface area contributed by atoms with Crippen LogP contribution in [0.25, 0.3) is 11.0 Å². The molecule has 0 amide bonds. The number of hydrogen-bond acceptors (Lipinski definition) is 4. The minimum atomic E-state index is -3.67. The largest absolute Gasteiger partial charge is 0.493 e. The van der Waals surface area contributed by atoms with E-state index in [0.29, 0.717) is 22.9 Å². The fraction of sp³-hybridized carbons (Fsp3) is 0.350. The molecule has 5 rings (SSSR count). The number of pyridine rings is 1. The summed E-state index contributed by atoms with van der Waals surface area (Å²) < 4.78 is 33.7. The predicted molar refractivity (Wildman–Crippen MR) is 99.2 cm³/mol. The molecule has 1 aliphatic heterocycles. The predicted octanol–water partition coefficient (Wildman–Crippen LogP) is 3.87. The molecule has 5 nitrogen and oxygen atoms in total. The molecule has 1 aliphatic carbocycles. The molecule has 3 heterocycles. The normalized spacial score (nSPS) is 17.5. The molecule has 26 heavy (non-hydrogen) atoms. The van der Waals surface area contributed by atoms with Crippen LogP contribution in [-0.4, -0.2) is 24.0 Å². The molecule has 0 saturated heterocycles. The van der Waals surface area contributed by atoms with Crippen LogP contribution in [0.3, 0.4) is 0 Å². The number of ether oxygens (including phenoxy) is 1. The van der Waals surface area contributed by atoms with Gasteiger partial charge in [0.2, 0.25) is 0 Å². The van der Waals surface area contributed by atoms with Gasteiger partial charge >= 0.3 is 0 Å². The lowest BCUT2D eigenvalue weighted by molar-refractivity contribution is 0.356. The van der Waals surface area contributed by atoms with Crippen molar-refractivity contribution in [3.8, 4) is 5.75 Å². The second-order valence-corrected chi connectivity index (χ2v) is 8.92. The van der Waals surface area contributed by atoms with E-state index in [1.807, 2.05) is 6.07 Å². The molecule has 0 unspecified atom stereocenters. The Balaban J connectivity index is 1.68. The molecule has 0 radical (unpaired) electrons. The number of aromatic nitrogens is 2. The summed E-state index contributed by atoms with van der Waals surface area (Å²) in [5, 5.41) is 0. The van der Waals surface area contributed by atoms with Gasteiger partial charge in [-0.1, -0.05) is 12.8 Å². The second-order valence-electron chi connectivity index (χ2n) is 7.11. The highest BCUT2D eigenvalue weighted by Crippen LogP contribution is 2.39. The van der Waals surface area contributed by atoms with E-state index in [2.05, 4.69) is 4.98 Å². The van der Waals surface area contributed by atoms with E-state index in [4.69, 9.17) is 4.74 Å². The molecule has 0 atom stereocenters. The third-order valence-electron chi connectivity index (χ3n) is 5.57. The van der Waals surface area contributed by atoms with Crippen LogP contribution >= 0.6 is 0 Å². The van der Waals surface area contributed by atoms with Crippen LogP contribution in [0.2, 0.25) is 0 Å². The number of nitrogens with zero attached hydrogens (tertiary/aromatic N) is 2. The quantitative estimate of drug-likeness (QED) is 0.704. The molecule has 3 aromatic rings. The monoisotopic (exact) mass is 368 g/mol. The van der Waals surface area contributed by atoms with E-state index in [0.717, 1.165) is 41.7 Å². The van der Waals surface area contributed by atoms with Crippen LogP contribution < -0.4 is 4.74 Å². The van der Waals surface area contributed by atoms with Gasteiger partial charge in [-0.25, -0.2) is 12.4 Å². The van der Waals surface area contributed by atoms with E-state index in [-0.39, 0.29) is 0 Å². The molecule has 1 saturated carbocycles. The van der Waals surface area contributed by atoms with E-state index in [1.54, 1.807) is 36.7 Å². The summed E-state index contributed by atoms with van der Waals surface area (Å²) in [5.41, 5.74) is 3.49. The Morgan fingerprint density at radius 3 is 2.85 bits per heavy atom. The van der Waals surface area contributed by atoms with Gasteiger partial charge in [-0.3, -0.25) is 4.98 Å². The van der Waals surface area contributed by atoms with Crippen LogP contribution in [0.15, 0.2) is 47.6 Å². The number of benzene rings is 1. The number of fused-ring (bicyclic) bond motifs is 2. The fourth-order valence-corrected chi connectivity index (χ4v) is 5.64. The first kappa shape index (κ1) is 15.9. The van der Waals surface area contributed by atoms with Gasteiger partial charge in [0.25, 0.3) is 10.0 Å². The Morgan fingerprint density at radius 2 is 2.00 bits per heavy atom. The molecule has 1 aromatic carbocycles. The summed E-state index contributed by atoms with van der Waals surface area (Å²) in [4.78, 5) is 4.81. The average Bonchev–Trinajstić information content (AvgIpc) is 3.39. The second kappa shape index (κ2) is 5.84. The third-order valence-corrected chi connectivity index (χ3v) is 7.24. The van der Waals surface area contributed by atoms with Crippen LogP contribution in [0.1, 0.15) is 42.7 Å². The molecular formula is C20H20N2O3S. The maximum absolute atomic E-state index is 13.4. The van der Waals surface area contributed by atoms with E-state index < -0.39 is 10.0 Å². The molecule has 2 aliphatic rings. The van der Waals surface area contributed by atoms with E-state index in [1.165, 1.54) is 16.8 Å². The minimum absolute atomic E-state index is 0.306. The number of rotatable bonds is 3. The Bertz CT molecular complexity index is 1100. The van der Waals surface area contributed by atoms with Crippen molar-refractivity contribution in [1.29, 1.82) is 0 Å². The Morgan fingerprint density at radius 1 is 1.15 bits per heavy atom. The Hall–Kier alpha value is -2.34. The van der Waals surface area contributed by atoms with Crippen LogP contribution in [0.5, 0.6) is 5.75 Å². The van der Waals surface area contributed by atoms with Crippen molar-refractivity contribution in [2.75, 3.05) is 6.61 Å². The number of hydrogen-bond donors (Lipinski definition) is 0. The fourth-order valence-electron chi connectivity index (χ4n) is 4.23. The van der Waals surface area contributed by atoms with Crippen molar-refractivity contribution in [3.05, 3.63) is 53.9 Å². The van der Waals surface area contributed by atoms with Gasteiger partial charge in [0.05, 0.1) is 22.5 Å². The lowest BCUT2D eigenvalue weighted by atomic mass is 10.00. The molecule has 0 bridgehead atoms. The van der Waals surface area contributed by atoms with Crippen molar-refractivity contribution in [3.63, 3.8) is 0 Å². The van der Waals surface area contributed by atoms with Crippen molar-refractivity contribution >= 4 is 21.1 Å². The molecule has 0 spiro atoms. The van der Waals surface area contributed by atoms with Gasteiger partial charge in [-0.2, -0.15) is 0 Å². The van der Waals surface area contributed by atoms with E-state index in [9.17, 15) is 8.42 Å². The van der Waals surface area contributed by atoms with Crippen molar-refractivity contribution in [2.24, 2.45) is 0 Å². The SMILES string of the molecule is O=S(=O)(c1ccc2c(c1)CCO2)n1cc(C2CCCC2)c2ncccc21. The minimum Gasteiger partial charge on any atom is -0.493 e. The standard InChI is InChI=1S/C20H20N2O3S/c23-26(24,16-7-8-19-15(12-16)9-11-25-19)22-13-17(14-4-1-2-5-14)20-18(22)6-3-10-21-20/h3,6-8,10,12-14H,1-2,4-5,9,11H2. The molecule has 0 N–H and O–H groups in total. The van der Waals surface area contributed by atoms with Crippen LogP contribution in [0.4, 0.5) is 0 Å². The molecule has 1 fully saturated rings. The topological polar surface area (TPSA) is 61.2 Å². The van der Waals surface area contributed by atoms with Crippen LogP contribution in [0, 0.1) is 0 Å². The van der Waals surface area contributed by atoms with Crippen molar-refractivity contribution < 1.29 is 13.2 Å². The molecule has 6 heteroatoms. The van der Waals surface area contributed by atoms with Gasteiger partial charge in [-0.05, 0) is 54.7 Å². The highest BCUT2D eigenvalue weighted by molar-refractivity contribution is 7.90. The van der Waals surface area contributed by atoms with Gasteiger partial charge in [0.15, 0.2) is 0 Å². The summed E-state index contributed by atoms with van der Waals surface area (Å²) in [6.07, 6.45) is 8.89. The summed E-state index contributed by atoms with van der Waals surface area (Å²) >= 11 is 0. The van der Waals surface area contributed by atoms with Crippen molar-refractivity contribution in [1.82, 2.24) is 8.96 Å². The van der Waals surface area contributed by atoms with Crippen molar-refractivity contribution in [2.45, 2.75) is 42.9 Å².